The summed E-state index contributed by atoms with van der Waals surface area (Å²) >= 11 is 5.10. The molecular weight excluding hydrogens is 421 g/mol. The number of nitro groups is 1. The quantitative estimate of drug-likeness (QED) is 0.294. The molecule has 11 heteroatoms. The molecule has 0 bridgehead atoms. The monoisotopic (exact) mass is 440 g/mol. The molecule has 0 saturated heterocycles. The average molecular weight is 440 g/mol. The number of alkyl halides is 3. The van der Waals surface area contributed by atoms with Crippen LogP contribution in [0.3, 0.4) is 0 Å². The van der Waals surface area contributed by atoms with Crippen LogP contribution in [0.2, 0.25) is 0 Å². The molecule has 2 N–H and O–H groups in total. The van der Waals surface area contributed by atoms with Gasteiger partial charge in [0, 0.05) is 11.6 Å². The summed E-state index contributed by atoms with van der Waals surface area (Å²) < 4.78 is 43.7. The number of thiocarbonyl (C=S) groups is 1. The highest BCUT2D eigenvalue weighted by Gasteiger charge is 2.33. The Morgan fingerprint density at radius 3 is 2.33 bits per heavy atom. The van der Waals surface area contributed by atoms with Crippen LogP contribution in [0.4, 0.5) is 18.9 Å². The molecular formula is C19H19F3N4O3S. The van der Waals surface area contributed by atoms with Crippen molar-refractivity contribution in [2.24, 2.45) is 5.10 Å². The predicted octanol–water partition coefficient (Wildman–Crippen LogP) is 5.00. The minimum Gasteiger partial charge on any atom is -0.450 e. The highest BCUT2D eigenvalue weighted by atomic mass is 32.1. The van der Waals surface area contributed by atoms with Gasteiger partial charge in [0.25, 0.3) is 0 Å². The third kappa shape index (κ3) is 6.99. The number of benzene rings is 2. The standard InChI is InChI=1S/C19H19F3N4O3S/c1-18(2,3)24-17(30)25-23-11-12-4-7-14(8-5-12)29-16-9-6-13(19(20,21)22)10-15(16)26(27)28/h4-11H,1-3H3,(H2,24,25,30)/b23-11-. The zero-order valence-corrected chi connectivity index (χ0v) is 17.1. The van der Waals surface area contributed by atoms with Crippen molar-refractivity contribution >= 4 is 29.2 Å². The number of halogens is 3. The second-order valence-corrected chi connectivity index (χ2v) is 7.59. The van der Waals surface area contributed by atoms with E-state index < -0.39 is 22.4 Å². The van der Waals surface area contributed by atoms with Gasteiger partial charge in [-0.15, -0.1) is 0 Å². The molecule has 2 aromatic rings. The van der Waals surface area contributed by atoms with E-state index in [1.807, 2.05) is 20.8 Å². The van der Waals surface area contributed by atoms with E-state index in [1.165, 1.54) is 18.3 Å². The van der Waals surface area contributed by atoms with E-state index in [9.17, 15) is 23.3 Å². The lowest BCUT2D eigenvalue weighted by Crippen LogP contribution is -2.44. The molecule has 160 valence electrons. The summed E-state index contributed by atoms with van der Waals surface area (Å²) in [5, 5.41) is 18.5. The van der Waals surface area contributed by atoms with Gasteiger partial charge >= 0.3 is 11.9 Å². The van der Waals surface area contributed by atoms with Crippen molar-refractivity contribution in [3.63, 3.8) is 0 Å². The Morgan fingerprint density at radius 1 is 1.17 bits per heavy atom. The molecule has 0 atom stereocenters. The zero-order chi connectivity index (χ0) is 22.5. The normalized spacial score (nSPS) is 11.9. The third-order valence-electron chi connectivity index (χ3n) is 3.46. The largest absolute Gasteiger partial charge is 0.450 e. The first-order valence-electron chi connectivity index (χ1n) is 8.60. The van der Waals surface area contributed by atoms with Gasteiger partial charge < -0.3 is 10.1 Å². The van der Waals surface area contributed by atoms with E-state index in [2.05, 4.69) is 15.8 Å². The zero-order valence-electron chi connectivity index (χ0n) is 16.3. The fraction of sp³-hybridized carbons (Fsp3) is 0.263. The molecule has 0 aliphatic carbocycles. The van der Waals surface area contributed by atoms with Gasteiger partial charge in [-0.2, -0.15) is 18.3 Å². The van der Waals surface area contributed by atoms with Gasteiger partial charge in [0.2, 0.25) is 5.75 Å². The summed E-state index contributed by atoms with van der Waals surface area (Å²) in [5.74, 6) is -0.0809. The third-order valence-corrected chi connectivity index (χ3v) is 3.65. The van der Waals surface area contributed by atoms with Gasteiger partial charge in [0.15, 0.2) is 5.11 Å². The second kappa shape index (κ2) is 9.08. The Labute approximate surface area is 176 Å². The summed E-state index contributed by atoms with van der Waals surface area (Å²) in [7, 11) is 0. The first-order valence-corrected chi connectivity index (χ1v) is 9.01. The number of nitrogens with one attached hydrogen (secondary N) is 2. The Kier molecular flexibility index (Phi) is 6.98. The van der Waals surface area contributed by atoms with E-state index in [0.717, 1.165) is 12.1 Å². The van der Waals surface area contributed by atoms with Crippen molar-refractivity contribution in [1.29, 1.82) is 0 Å². The predicted molar refractivity (Wildman–Crippen MR) is 111 cm³/mol. The Balaban J connectivity index is 2.08. The van der Waals surface area contributed by atoms with Crippen molar-refractivity contribution in [2.75, 3.05) is 0 Å². The minimum absolute atomic E-state index is 0.209. The van der Waals surface area contributed by atoms with Crippen LogP contribution in [0.5, 0.6) is 11.5 Å². The van der Waals surface area contributed by atoms with Crippen LogP contribution in [0.25, 0.3) is 0 Å². The number of rotatable bonds is 5. The number of hydrogen-bond acceptors (Lipinski definition) is 5. The van der Waals surface area contributed by atoms with Gasteiger partial charge in [-0.1, -0.05) is 0 Å². The Hall–Kier alpha value is -3.21. The first kappa shape index (κ1) is 23.1. The number of hydrogen-bond donors (Lipinski definition) is 2. The maximum Gasteiger partial charge on any atom is 0.416 e. The summed E-state index contributed by atoms with van der Waals surface area (Å²) in [4.78, 5) is 10.2. The molecule has 0 radical (unpaired) electrons. The van der Waals surface area contributed by atoms with Crippen LogP contribution in [-0.2, 0) is 6.18 Å². The first-order chi connectivity index (χ1) is 13.8. The molecule has 7 nitrogen and oxygen atoms in total. The molecule has 0 unspecified atom stereocenters. The number of ether oxygens (including phenoxy) is 1. The molecule has 0 heterocycles. The number of hydrazone groups is 1. The van der Waals surface area contributed by atoms with Crippen molar-refractivity contribution in [2.45, 2.75) is 32.5 Å². The maximum atomic E-state index is 12.8. The molecule has 0 aliphatic heterocycles. The van der Waals surface area contributed by atoms with Crippen LogP contribution in [-0.4, -0.2) is 21.8 Å². The van der Waals surface area contributed by atoms with Gasteiger partial charge in [-0.25, -0.2) is 0 Å². The molecule has 30 heavy (non-hydrogen) atoms. The van der Waals surface area contributed by atoms with E-state index in [0.29, 0.717) is 16.7 Å². The molecule has 0 aliphatic rings. The molecule has 2 rings (SSSR count). The fourth-order valence-corrected chi connectivity index (χ4v) is 2.56. The van der Waals surface area contributed by atoms with Crippen molar-refractivity contribution < 1.29 is 22.8 Å². The summed E-state index contributed by atoms with van der Waals surface area (Å²) in [6.07, 6.45) is -3.19. The van der Waals surface area contributed by atoms with Crippen LogP contribution < -0.4 is 15.5 Å². The summed E-state index contributed by atoms with van der Waals surface area (Å²) in [6.45, 7) is 5.85. The van der Waals surface area contributed by atoms with Crippen molar-refractivity contribution in [1.82, 2.24) is 10.7 Å². The van der Waals surface area contributed by atoms with Gasteiger partial charge in [-0.05, 0) is 75.0 Å². The summed E-state index contributed by atoms with van der Waals surface area (Å²) in [5.41, 5.74) is 1.23. The molecule has 2 aromatic carbocycles. The van der Waals surface area contributed by atoms with E-state index in [-0.39, 0.29) is 17.0 Å². The number of nitro benzene ring substituents is 1. The van der Waals surface area contributed by atoms with Crippen LogP contribution in [0, 0.1) is 10.1 Å². The maximum absolute atomic E-state index is 12.8. The molecule has 0 saturated carbocycles. The van der Waals surface area contributed by atoms with E-state index in [4.69, 9.17) is 17.0 Å². The molecule has 0 aromatic heterocycles. The smallest absolute Gasteiger partial charge is 0.416 e. The Morgan fingerprint density at radius 2 is 1.80 bits per heavy atom. The van der Waals surface area contributed by atoms with Crippen molar-refractivity contribution in [3.05, 3.63) is 63.7 Å². The molecule has 0 fully saturated rings. The lowest BCUT2D eigenvalue weighted by molar-refractivity contribution is -0.385. The van der Waals surface area contributed by atoms with Gasteiger partial charge in [0.1, 0.15) is 5.75 Å². The highest BCUT2D eigenvalue weighted by Crippen LogP contribution is 2.37. The fourth-order valence-electron chi connectivity index (χ4n) is 2.21. The van der Waals surface area contributed by atoms with Gasteiger partial charge in [-0.3, -0.25) is 15.5 Å². The van der Waals surface area contributed by atoms with Crippen LogP contribution in [0.15, 0.2) is 47.6 Å². The number of nitrogens with zero attached hydrogens (tertiary/aromatic N) is 2. The minimum atomic E-state index is -4.69. The summed E-state index contributed by atoms with van der Waals surface area (Å²) in [6, 6.07) is 8.35. The lowest BCUT2D eigenvalue weighted by Gasteiger charge is -2.21. The topological polar surface area (TPSA) is 88.8 Å². The van der Waals surface area contributed by atoms with Crippen LogP contribution in [0.1, 0.15) is 31.9 Å². The second-order valence-electron chi connectivity index (χ2n) is 7.18. The highest BCUT2D eigenvalue weighted by molar-refractivity contribution is 7.80. The Bertz CT molecular complexity index is 955. The lowest BCUT2D eigenvalue weighted by atomic mass is 10.1. The molecule has 0 spiro atoms. The molecule has 0 amide bonds. The van der Waals surface area contributed by atoms with E-state index >= 15 is 0 Å². The van der Waals surface area contributed by atoms with Gasteiger partial charge in [0.05, 0.1) is 16.7 Å². The van der Waals surface area contributed by atoms with E-state index in [1.54, 1.807) is 12.1 Å². The SMILES string of the molecule is CC(C)(C)NC(=S)N/N=C\c1ccc(Oc2ccc(C(F)(F)F)cc2[N+](=O)[O-])cc1. The van der Waals surface area contributed by atoms with Crippen LogP contribution >= 0.6 is 12.2 Å². The van der Waals surface area contributed by atoms with Crippen molar-refractivity contribution in [3.8, 4) is 11.5 Å². The average Bonchev–Trinajstić information content (AvgIpc) is 2.61.